The van der Waals surface area contributed by atoms with E-state index in [2.05, 4.69) is 33.0 Å². The minimum Gasteiger partial charge on any atom is -0.286 e. The topological polar surface area (TPSA) is 526 Å². The Balaban J connectivity index is 0.000000496. The van der Waals surface area contributed by atoms with Gasteiger partial charge >= 0.3 is 0 Å². The standard InChI is InChI=1S/C11H13N3O8S3.C8H8N2O5S3.C7H9NO5S2.C3H9NO5S2.CH4O3S/c1-7-5-11(13-24(2,16)17)14(12-7)9-6-8(23-22-21-15)3-4-10(9)25(18,19)20;1-17(11,12)10-8-6-3-2-5(18(13,14)15)4-7(6)9-16-8;1-14(9,10)8-6-3-2-4-7(5-6)15(11,12)13;1-10(5,6)4-2-3-11(7,8)9;1-5(2,3)4/h3-6,13,15H,1-2H3,(H,18,19,20);2-4,10H,1H3,(H,13,14,15);2-5,8H,1H3,(H,11,12,13);4H,2-3H2,1H3,(H,7,8,9);1H3,(H,2,3,4). The summed E-state index contributed by atoms with van der Waals surface area (Å²) in [4.78, 5) is -0.890. The molecule has 0 saturated carbocycles. The maximum Gasteiger partial charge on any atom is 0.296 e. The molecule has 0 atom stereocenters. The second kappa shape index (κ2) is 26.6. The van der Waals surface area contributed by atoms with Crippen LogP contribution in [-0.2, 0) is 100 Å². The zero-order valence-corrected chi connectivity index (χ0v) is 46.9. The van der Waals surface area contributed by atoms with Crippen LogP contribution in [0.1, 0.15) is 5.69 Å². The maximum atomic E-state index is 11.6. The molecule has 0 aliphatic heterocycles. The lowest BCUT2D eigenvalue weighted by Gasteiger charge is -2.12. The molecule has 5 aromatic rings. The van der Waals surface area contributed by atoms with Gasteiger partial charge in [-0.3, -0.25) is 36.9 Å². The van der Waals surface area contributed by atoms with Gasteiger partial charge in [-0.1, -0.05) is 11.1 Å². The van der Waals surface area contributed by atoms with Crippen LogP contribution in [0.4, 0.5) is 16.5 Å². The number of hydrogen-bond donors (Lipinski definition) is 10. The highest BCUT2D eigenvalue weighted by Gasteiger charge is 2.22. The fourth-order valence-corrected chi connectivity index (χ4v) is 10.3. The molecule has 74 heavy (non-hydrogen) atoms. The number of fused-ring (bicyclic) bond motifs is 1. The normalized spacial score (nSPS) is 12.5. The summed E-state index contributed by atoms with van der Waals surface area (Å²) in [5.41, 5.74) is 0.614. The number of hydrogen-bond acceptors (Lipinski definition) is 25. The first-order valence-electron chi connectivity index (χ1n) is 18.1. The first kappa shape index (κ1) is 67.7. The van der Waals surface area contributed by atoms with Crippen LogP contribution in [0.2, 0.25) is 0 Å². The van der Waals surface area contributed by atoms with Gasteiger partial charge in [0.25, 0.3) is 50.6 Å². The quantitative estimate of drug-likeness (QED) is 0.0260. The summed E-state index contributed by atoms with van der Waals surface area (Å²) < 4.78 is 253. The Bertz CT molecular complexity index is 3790. The molecule has 2 aromatic heterocycles. The molecule has 0 aliphatic rings. The van der Waals surface area contributed by atoms with E-state index in [0.717, 1.165) is 59.4 Å². The van der Waals surface area contributed by atoms with Crippen molar-refractivity contribution in [3.8, 4) is 5.69 Å². The first-order valence-corrected chi connectivity index (χ1v) is 35.0. The number of aromatic nitrogens is 3. The van der Waals surface area contributed by atoms with Gasteiger partial charge in [-0.05, 0) is 73.1 Å². The molecule has 3 aromatic carbocycles. The first-order chi connectivity index (χ1) is 33.1. The number of rotatable bonds is 17. The molecule has 420 valence electrons. The lowest BCUT2D eigenvalue weighted by molar-refractivity contribution is -0.432. The van der Waals surface area contributed by atoms with E-state index >= 15 is 0 Å². The van der Waals surface area contributed by atoms with E-state index in [1.54, 1.807) is 6.92 Å². The van der Waals surface area contributed by atoms with Crippen LogP contribution in [-0.4, -0.2) is 162 Å². The second-order valence-corrected chi connectivity index (χ2v) is 29.8. The minimum absolute atomic E-state index is 0.0358. The molecule has 0 amide bonds. The number of anilines is 3. The Morgan fingerprint density at radius 2 is 1.15 bits per heavy atom. The van der Waals surface area contributed by atoms with E-state index in [9.17, 15) is 80.3 Å². The third-order valence-corrected chi connectivity index (χ3v) is 14.2. The van der Waals surface area contributed by atoms with E-state index in [4.69, 9.17) is 23.5 Å². The van der Waals surface area contributed by atoms with Gasteiger partial charge in [0, 0.05) is 28.6 Å². The van der Waals surface area contributed by atoms with E-state index in [1.807, 2.05) is 4.72 Å². The highest BCUT2D eigenvalue weighted by Crippen LogP contribution is 2.31. The molecule has 5 rings (SSSR count). The molecule has 0 bridgehead atoms. The van der Waals surface area contributed by atoms with E-state index < -0.39 is 101 Å². The Labute approximate surface area is 432 Å². The average Bonchev–Trinajstić information content (AvgIpc) is 3.74. The van der Waals surface area contributed by atoms with Crippen molar-refractivity contribution in [3.05, 3.63) is 72.4 Å². The molecule has 0 saturated heterocycles. The van der Waals surface area contributed by atoms with Crippen LogP contribution in [0.25, 0.3) is 16.6 Å². The molecule has 0 radical (unpaired) electrons. The molecule has 0 spiro atoms. The van der Waals surface area contributed by atoms with Crippen LogP contribution in [0.3, 0.4) is 0 Å². The molecular formula is C30H43N7O26S11. The molecular weight excluding hydrogens is 1230 g/mol. The Morgan fingerprint density at radius 1 is 0.622 bits per heavy atom. The number of sulfonamides is 4. The van der Waals surface area contributed by atoms with Crippen molar-refractivity contribution in [1.29, 1.82) is 0 Å². The van der Waals surface area contributed by atoms with Gasteiger partial charge in [0.1, 0.15) is 15.7 Å². The van der Waals surface area contributed by atoms with E-state index in [-0.39, 0.29) is 38.4 Å². The number of nitrogens with one attached hydrogen (secondary N) is 4. The molecule has 44 heteroatoms. The van der Waals surface area contributed by atoms with Crippen molar-refractivity contribution >= 4 is 142 Å². The van der Waals surface area contributed by atoms with Crippen LogP contribution >= 0.6 is 23.6 Å². The maximum absolute atomic E-state index is 11.6. The third-order valence-electron chi connectivity index (χ3n) is 6.90. The van der Waals surface area contributed by atoms with Crippen molar-refractivity contribution in [2.75, 3.05) is 57.7 Å². The Morgan fingerprint density at radius 3 is 1.61 bits per heavy atom. The SMILES string of the molecule is CS(=O)(=O)NCCS(=O)(=O)O.CS(=O)(=O)Nc1cccc(S(=O)(=O)O)c1.CS(=O)(=O)Nc1snc2cc(S(=O)(=O)O)ccc12.CS(=O)(=O)O.Cc1cc(NS(C)(=O)=O)n(-c2cc(SOOO)ccc2S(=O)(=O)O)n1. The largest absolute Gasteiger partial charge is 0.296 e. The molecule has 2 heterocycles. The molecule has 0 fully saturated rings. The van der Waals surface area contributed by atoms with Crippen molar-refractivity contribution in [3.63, 3.8) is 0 Å². The summed E-state index contributed by atoms with van der Waals surface area (Å²) in [7, 11) is -34.9. The fourth-order valence-electron chi connectivity index (χ4n) is 4.55. The van der Waals surface area contributed by atoms with Crippen LogP contribution in [0.5, 0.6) is 0 Å². The minimum atomic E-state index is -4.64. The predicted molar refractivity (Wildman–Crippen MR) is 267 cm³/mol. The summed E-state index contributed by atoms with van der Waals surface area (Å²) in [5.74, 6) is -0.647. The average molecular weight is 1270 g/mol. The second-order valence-electron chi connectivity index (χ2n) is 13.9. The van der Waals surface area contributed by atoms with Gasteiger partial charge in [-0.25, -0.2) is 48.3 Å². The van der Waals surface area contributed by atoms with Crippen LogP contribution in [0.15, 0.2) is 86.3 Å². The smallest absolute Gasteiger partial charge is 0.286 e. The highest BCUT2D eigenvalue weighted by molar-refractivity contribution is 7.94. The number of benzene rings is 3. The highest BCUT2D eigenvalue weighted by atomic mass is 32.2. The lowest BCUT2D eigenvalue weighted by atomic mass is 10.2. The van der Waals surface area contributed by atoms with E-state index in [0.29, 0.717) is 39.9 Å². The molecule has 33 nitrogen and oxygen atoms in total. The van der Waals surface area contributed by atoms with Crippen molar-refractivity contribution in [2.45, 2.75) is 26.5 Å². The fraction of sp³-hybridized carbons (Fsp3) is 0.267. The van der Waals surface area contributed by atoms with Crippen molar-refractivity contribution in [2.24, 2.45) is 0 Å². The summed E-state index contributed by atoms with van der Waals surface area (Å²) in [5, 5.41) is 16.5. The van der Waals surface area contributed by atoms with Gasteiger partial charge in [0.2, 0.25) is 40.1 Å². The van der Waals surface area contributed by atoms with Crippen LogP contribution < -0.4 is 18.9 Å². The van der Waals surface area contributed by atoms with Gasteiger partial charge < -0.3 is 0 Å². The molecule has 10 N–H and O–H groups in total. The third kappa shape index (κ3) is 29.1. The summed E-state index contributed by atoms with van der Waals surface area (Å²) >= 11 is 1.44. The Kier molecular flexibility index (Phi) is 24.4. The zero-order chi connectivity index (χ0) is 57.7. The van der Waals surface area contributed by atoms with Gasteiger partial charge in [-0.2, -0.15) is 51.6 Å². The number of aryl methyl sites for hydroxylation is 1. The summed E-state index contributed by atoms with van der Waals surface area (Å²) in [6.45, 7) is 1.26. The molecule has 0 unspecified atom stereocenters. The monoisotopic (exact) mass is 1270 g/mol. The van der Waals surface area contributed by atoms with E-state index in [1.165, 1.54) is 48.5 Å². The van der Waals surface area contributed by atoms with Crippen molar-refractivity contribution in [1.82, 2.24) is 18.9 Å². The number of nitrogens with zero attached hydrogens (tertiary/aromatic N) is 3. The predicted octanol–water partition coefficient (Wildman–Crippen LogP) is 0.374. The zero-order valence-electron chi connectivity index (χ0n) is 37.9. The van der Waals surface area contributed by atoms with Gasteiger partial charge in [-0.15, -0.1) is 4.33 Å². The van der Waals surface area contributed by atoms with Crippen LogP contribution in [0, 0.1) is 6.92 Å². The van der Waals surface area contributed by atoms with Gasteiger partial charge in [0.15, 0.2) is 0 Å². The van der Waals surface area contributed by atoms with Crippen molar-refractivity contribution < 1.29 is 113 Å². The lowest BCUT2D eigenvalue weighted by Crippen LogP contribution is -2.27. The summed E-state index contributed by atoms with van der Waals surface area (Å²) in [6, 6.07) is 13.6. The van der Waals surface area contributed by atoms with Gasteiger partial charge in [0.05, 0.1) is 75.8 Å². The Hall–Kier alpha value is -4.30. The summed E-state index contributed by atoms with van der Waals surface area (Å²) in [6.07, 6.45) is 4.48. The molecule has 0 aliphatic carbocycles.